The number of benzene rings is 3. The fourth-order valence-electron chi connectivity index (χ4n) is 4.84. The van der Waals surface area contributed by atoms with E-state index in [1.165, 1.54) is 4.90 Å². The average Bonchev–Trinajstić information content (AvgIpc) is 3.35. The van der Waals surface area contributed by atoms with Crippen LogP contribution in [-0.4, -0.2) is 34.4 Å². The van der Waals surface area contributed by atoms with Gasteiger partial charge in [0.15, 0.2) is 0 Å². The average molecular weight is 470 g/mol. The van der Waals surface area contributed by atoms with Crippen molar-refractivity contribution in [3.63, 3.8) is 0 Å². The molecule has 0 unspecified atom stereocenters. The van der Waals surface area contributed by atoms with E-state index < -0.39 is 17.7 Å². The molecule has 6 heteroatoms. The minimum Gasteiger partial charge on any atom is -0.507 e. The van der Waals surface area contributed by atoms with E-state index in [0.717, 1.165) is 23.3 Å². The molecule has 1 N–H and O–H groups in total. The van der Waals surface area contributed by atoms with Gasteiger partial charge in [-0.3, -0.25) is 9.59 Å². The molecule has 178 valence electrons. The van der Waals surface area contributed by atoms with Crippen LogP contribution in [0, 0.1) is 0 Å². The van der Waals surface area contributed by atoms with E-state index in [9.17, 15) is 14.7 Å². The van der Waals surface area contributed by atoms with E-state index in [-0.39, 0.29) is 24.0 Å². The molecule has 0 radical (unpaired) electrons. The molecule has 0 spiro atoms. The molecule has 2 aliphatic rings. The van der Waals surface area contributed by atoms with Gasteiger partial charge in [0.1, 0.15) is 23.4 Å². The van der Waals surface area contributed by atoms with Crippen molar-refractivity contribution in [3.8, 4) is 11.5 Å². The molecule has 0 aromatic heterocycles. The Labute approximate surface area is 204 Å². The van der Waals surface area contributed by atoms with Crippen LogP contribution in [0.5, 0.6) is 11.5 Å². The largest absolute Gasteiger partial charge is 0.507 e. The molecule has 0 aliphatic carbocycles. The predicted octanol–water partition coefficient (Wildman–Crippen LogP) is 5.03. The molecule has 2 atom stereocenters. The van der Waals surface area contributed by atoms with E-state index in [2.05, 4.69) is 0 Å². The summed E-state index contributed by atoms with van der Waals surface area (Å²) in [6, 6.07) is 21.5. The molecule has 35 heavy (non-hydrogen) atoms. The van der Waals surface area contributed by atoms with E-state index in [1.54, 1.807) is 12.1 Å². The Bertz CT molecular complexity index is 1310. The third kappa shape index (κ3) is 4.28. The highest BCUT2D eigenvalue weighted by molar-refractivity contribution is 6.46. The van der Waals surface area contributed by atoms with Crippen LogP contribution in [0.1, 0.15) is 42.1 Å². The minimum absolute atomic E-state index is 0.0557. The second-order valence-corrected chi connectivity index (χ2v) is 8.87. The quantitative estimate of drug-likeness (QED) is 0.311. The molecular formula is C29H27NO5. The third-order valence-corrected chi connectivity index (χ3v) is 6.39. The standard InChI is InChI=1S/C29H27NO5/c1-3-34-23-11-7-10-20(16-23)26-25(27(31)21-12-13-24-22(15-21)14-18(2)35-24)28(32)29(33)30(26)17-19-8-5-4-6-9-19/h4-13,15-16,18,26,31H,3,14,17H2,1-2H3/b27-25+/t18-,26-/m0/s1. The number of hydrogen-bond acceptors (Lipinski definition) is 5. The number of rotatable bonds is 6. The molecular weight excluding hydrogens is 442 g/mol. The number of nitrogens with zero attached hydrogens (tertiary/aromatic N) is 1. The first kappa shape index (κ1) is 22.7. The van der Waals surface area contributed by atoms with Gasteiger partial charge in [-0.2, -0.15) is 0 Å². The van der Waals surface area contributed by atoms with Gasteiger partial charge in [0.2, 0.25) is 0 Å². The van der Waals surface area contributed by atoms with Crippen LogP contribution in [0.15, 0.2) is 78.4 Å². The van der Waals surface area contributed by atoms with Gasteiger partial charge in [-0.15, -0.1) is 0 Å². The Morgan fingerprint density at radius 3 is 2.63 bits per heavy atom. The molecule has 3 aromatic carbocycles. The maximum absolute atomic E-state index is 13.3. The van der Waals surface area contributed by atoms with Gasteiger partial charge >= 0.3 is 0 Å². The van der Waals surface area contributed by atoms with Crippen LogP contribution in [-0.2, 0) is 22.6 Å². The molecule has 1 amide bonds. The number of ketones is 1. The van der Waals surface area contributed by atoms with Crippen LogP contribution in [0.25, 0.3) is 5.76 Å². The van der Waals surface area contributed by atoms with E-state index in [1.807, 2.05) is 74.5 Å². The lowest BCUT2D eigenvalue weighted by Crippen LogP contribution is -2.29. The Morgan fingerprint density at radius 1 is 1.06 bits per heavy atom. The maximum atomic E-state index is 13.3. The molecule has 2 aliphatic heterocycles. The monoisotopic (exact) mass is 469 g/mol. The minimum atomic E-state index is -0.751. The molecule has 1 saturated heterocycles. The highest BCUT2D eigenvalue weighted by Gasteiger charge is 2.46. The fraction of sp³-hybridized carbons (Fsp3) is 0.241. The van der Waals surface area contributed by atoms with Gasteiger partial charge < -0.3 is 19.5 Å². The highest BCUT2D eigenvalue weighted by Crippen LogP contribution is 2.42. The van der Waals surface area contributed by atoms with Gasteiger partial charge in [0, 0.05) is 18.5 Å². The summed E-state index contributed by atoms with van der Waals surface area (Å²) in [5.41, 5.74) is 3.13. The highest BCUT2D eigenvalue weighted by atomic mass is 16.5. The molecule has 0 saturated carbocycles. The Balaban J connectivity index is 1.63. The number of aliphatic hydroxyl groups is 1. The van der Waals surface area contributed by atoms with Crippen molar-refractivity contribution in [2.24, 2.45) is 0 Å². The summed E-state index contributed by atoms with van der Waals surface area (Å²) in [6.45, 7) is 4.61. The molecule has 1 fully saturated rings. The maximum Gasteiger partial charge on any atom is 0.295 e. The van der Waals surface area contributed by atoms with Crippen molar-refractivity contribution >= 4 is 17.4 Å². The summed E-state index contributed by atoms with van der Waals surface area (Å²) < 4.78 is 11.4. The van der Waals surface area contributed by atoms with Crippen LogP contribution in [0.3, 0.4) is 0 Å². The van der Waals surface area contributed by atoms with Gasteiger partial charge in [0.25, 0.3) is 11.7 Å². The number of likely N-dealkylation sites (tertiary alicyclic amines) is 1. The number of Topliss-reactive ketones (excluding diaryl/α,β-unsaturated/α-hetero) is 1. The Morgan fingerprint density at radius 2 is 1.86 bits per heavy atom. The lowest BCUT2D eigenvalue weighted by Gasteiger charge is -2.26. The zero-order valence-corrected chi connectivity index (χ0v) is 19.7. The lowest BCUT2D eigenvalue weighted by atomic mass is 9.94. The van der Waals surface area contributed by atoms with Crippen molar-refractivity contribution in [1.29, 1.82) is 0 Å². The first-order chi connectivity index (χ1) is 17.0. The topological polar surface area (TPSA) is 76.1 Å². The molecule has 2 heterocycles. The van der Waals surface area contributed by atoms with Crippen molar-refractivity contribution in [1.82, 2.24) is 4.90 Å². The van der Waals surface area contributed by atoms with E-state index in [0.29, 0.717) is 23.5 Å². The van der Waals surface area contributed by atoms with Gasteiger partial charge in [-0.25, -0.2) is 0 Å². The number of carbonyl (C=O) groups is 2. The van der Waals surface area contributed by atoms with Crippen molar-refractivity contribution < 1.29 is 24.2 Å². The second kappa shape index (κ2) is 9.29. The van der Waals surface area contributed by atoms with E-state index >= 15 is 0 Å². The number of ether oxygens (including phenoxy) is 2. The van der Waals surface area contributed by atoms with Crippen molar-refractivity contribution in [3.05, 3.63) is 101 Å². The second-order valence-electron chi connectivity index (χ2n) is 8.87. The summed E-state index contributed by atoms with van der Waals surface area (Å²) >= 11 is 0. The molecule has 3 aromatic rings. The normalized spacial score (nSPS) is 20.6. The Kier molecular flexibility index (Phi) is 6.03. The summed E-state index contributed by atoms with van der Waals surface area (Å²) in [5.74, 6) is -0.109. The number of aliphatic hydroxyl groups excluding tert-OH is 1. The van der Waals surface area contributed by atoms with Crippen molar-refractivity contribution in [2.75, 3.05) is 6.61 Å². The van der Waals surface area contributed by atoms with Crippen LogP contribution in [0.2, 0.25) is 0 Å². The first-order valence-corrected chi connectivity index (χ1v) is 11.8. The van der Waals surface area contributed by atoms with Gasteiger partial charge in [-0.1, -0.05) is 42.5 Å². The number of amides is 1. The summed E-state index contributed by atoms with van der Waals surface area (Å²) in [5, 5.41) is 11.4. The SMILES string of the molecule is CCOc1cccc([C@H]2/C(=C(\O)c3ccc4c(c3)C[C@H](C)O4)C(=O)C(=O)N2Cc2ccccc2)c1. The molecule has 5 rings (SSSR count). The number of fused-ring (bicyclic) bond motifs is 1. The first-order valence-electron chi connectivity index (χ1n) is 11.8. The zero-order chi connectivity index (χ0) is 24.5. The fourth-order valence-corrected chi connectivity index (χ4v) is 4.84. The number of carbonyl (C=O) groups excluding carboxylic acids is 2. The van der Waals surface area contributed by atoms with Crippen LogP contribution < -0.4 is 9.47 Å². The molecule has 6 nitrogen and oxygen atoms in total. The Hall–Kier alpha value is -4.06. The number of hydrogen-bond donors (Lipinski definition) is 1. The lowest BCUT2D eigenvalue weighted by molar-refractivity contribution is -0.140. The summed E-state index contributed by atoms with van der Waals surface area (Å²) in [6.07, 6.45) is 0.777. The zero-order valence-electron chi connectivity index (χ0n) is 19.7. The van der Waals surface area contributed by atoms with Crippen LogP contribution in [0.4, 0.5) is 0 Å². The summed E-state index contributed by atoms with van der Waals surface area (Å²) in [7, 11) is 0. The van der Waals surface area contributed by atoms with Crippen molar-refractivity contribution in [2.45, 2.75) is 39.0 Å². The summed E-state index contributed by atoms with van der Waals surface area (Å²) in [4.78, 5) is 28.1. The van der Waals surface area contributed by atoms with E-state index in [4.69, 9.17) is 9.47 Å². The van der Waals surface area contributed by atoms with Gasteiger partial charge in [0.05, 0.1) is 18.2 Å². The van der Waals surface area contributed by atoms with Gasteiger partial charge in [-0.05, 0) is 60.9 Å². The predicted molar refractivity (Wildman–Crippen MR) is 132 cm³/mol. The third-order valence-electron chi connectivity index (χ3n) is 6.39. The smallest absolute Gasteiger partial charge is 0.295 e. The van der Waals surface area contributed by atoms with Crippen LogP contribution >= 0.6 is 0 Å². The molecule has 0 bridgehead atoms.